The summed E-state index contributed by atoms with van der Waals surface area (Å²) in [5, 5.41) is 9.99. The molecule has 21 heavy (non-hydrogen) atoms. The fraction of sp³-hybridized carbons (Fsp3) is 0.471. The zero-order valence-electron chi connectivity index (χ0n) is 12.5. The summed E-state index contributed by atoms with van der Waals surface area (Å²) in [7, 11) is 0. The number of carboxylic acids is 1. The molecule has 0 saturated carbocycles. The number of fused-ring (bicyclic) bond motifs is 1. The number of aromatic nitrogens is 1. The summed E-state index contributed by atoms with van der Waals surface area (Å²) in [5.74, 6) is -0.726. The smallest absolute Gasteiger partial charge is 0.303 e. The van der Waals surface area contributed by atoms with E-state index < -0.39 is 5.97 Å². The molecule has 2 rings (SSSR count). The van der Waals surface area contributed by atoms with Crippen LogP contribution in [0.3, 0.4) is 0 Å². The second-order valence-corrected chi connectivity index (χ2v) is 5.16. The van der Waals surface area contributed by atoms with Crippen molar-refractivity contribution in [3.8, 4) is 0 Å². The van der Waals surface area contributed by atoms with Crippen LogP contribution in [-0.2, 0) is 22.5 Å². The number of aliphatic carboxylic acids is 1. The monoisotopic (exact) mass is 289 g/mol. The first kappa shape index (κ1) is 15.6. The molecule has 0 aliphatic heterocycles. The van der Waals surface area contributed by atoms with E-state index in [-0.39, 0.29) is 6.42 Å². The Morgan fingerprint density at radius 1 is 1.29 bits per heavy atom. The van der Waals surface area contributed by atoms with Crippen LogP contribution in [-0.4, -0.2) is 28.9 Å². The number of ether oxygens (including phenoxy) is 1. The molecule has 1 heterocycles. The number of aryl methyl sites for hydroxylation is 2. The van der Waals surface area contributed by atoms with E-state index in [4.69, 9.17) is 9.84 Å². The summed E-state index contributed by atoms with van der Waals surface area (Å²) in [4.78, 5) is 10.6. The first-order valence-electron chi connectivity index (χ1n) is 7.58. The third kappa shape index (κ3) is 4.33. The summed E-state index contributed by atoms with van der Waals surface area (Å²) < 4.78 is 7.64. The predicted octanol–water partition coefficient (Wildman–Crippen LogP) is 3.48. The number of para-hydroxylation sites is 1. The van der Waals surface area contributed by atoms with Crippen molar-refractivity contribution in [3.63, 3.8) is 0 Å². The molecule has 4 heteroatoms. The van der Waals surface area contributed by atoms with Crippen molar-refractivity contribution in [2.24, 2.45) is 0 Å². The van der Waals surface area contributed by atoms with Crippen molar-refractivity contribution in [3.05, 3.63) is 36.0 Å². The minimum absolute atomic E-state index is 0.226. The fourth-order valence-corrected chi connectivity index (χ4v) is 2.62. The summed E-state index contributed by atoms with van der Waals surface area (Å²) in [6.07, 6.45) is 4.87. The Labute approximate surface area is 125 Å². The Hall–Kier alpha value is -1.81. The van der Waals surface area contributed by atoms with E-state index in [1.54, 1.807) is 0 Å². The molecule has 0 aliphatic carbocycles. The van der Waals surface area contributed by atoms with E-state index in [2.05, 4.69) is 22.9 Å². The van der Waals surface area contributed by atoms with Crippen molar-refractivity contribution >= 4 is 16.9 Å². The Morgan fingerprint density at radius 3 is 2.86 bits per heavy atom. The van der Waals surface area contributed by atoms with Gasteiger partial charge in [0.25, 0.3) is 0 Å². The van der Waals surface area contributed by atoms with Gasteiger partial charge in [-0.15, -0.1) is 0 Å². The summed E-state index contributed by atoms with van der Waals surface area (Å²) in [6, 6.07) is 8.32. The van der Waals surface area contributed by atoms with Gasteiger partial charge in [-0.3, -0.25) is 4.79 Å². The van der Waals surface area contributed by atoms with Gasteiger partial charge in [0.1, 0.15) is 0 Å². The van der Waals surface area contributed by atoms with Crippen LogP contribution >= 0.6 is 0 Å². The van der Waals surface area contributed by atoms with Gasteiger partial charge in [-0.1, -0.05) is 18.2 Å². The van der Waals surface area contributed by atoms with Gasteiger partial charge in [-0.2, -0.15) is 0 Å². The van der Waals surface area contributed by atoms with Crippen LogP contribution < -0.4 is 0 Å². The SMILES string of the molecule is CCOCCCn1cc(CCCC(=O)O)c2ccccc21. The number of hydrogen-bond acceptors (Lipinski definition) is 2. The quantitative estimate of drug-likeness (QED) is 0.719. The zero-order chi connectivity index (χ0) is 15.1. The van der Waals surface area contributed by atoms with E-state index in [0.29, 0.717) is 6.42 Å². The Kier molecular flexibility index (Phi) is 5.81. The zero-order valence-corrected chi connectivity index (χ0v) is 12.5. The highest BCUT2D eigenvalue weighted by molar-refractivity contribution is 5.84. The molecule has 0 amide bonds. The summed E-state index contributed by atoms with van der Waals surface area (Å²) in [5.41, 5.74) is 2.46. The Morgan fingerprint density at radius 2 is 2.10 bits per heavy atom. The third-order valence-corrected chi connectivity index (χ3v) is 3.60. The number of benzene rings is 1. The highest BCUT2D eigenvalue weighted by atomic mass is 16.5. The lowest BCUT2D eigenvalue weighted by Crippen LogP contribution is -2.01. The highest BCUT2D eigenvalue weighted by Crippen LogP contribution is 2.23. The molecule has 0 aliphatic rings. The van der Waals surface area contributed by atoms with Gasteiger partial charge in [0.15, 0.2) is 0 Å². The number of rotatable bonds is 9. The average molecular weight is 289 g/mol. The maximum Gasteiger partial charge on any atom is 0.303 e. The van der Waals surface area contributed by atoms with Crippen molar-refractivity contribution in [1.82, 2.24) is 4.57 Å². The highest BCUT2D eigenvalue weighted by Gasteiger charge is 2.08. The number of carboxylic acid groups (broad SMARTS) is 1. The van der Waals surface area contributed by atoms with Crippen LogP contribution in [0.2, 0.25) is 0 Å². The molecule has 0 unspecified atom stereocenters. The van der Waals surface area contributed by atoms with Crippen LogP contribution in [0.5, 0.6) is 0 Å². The minimum atomic E-state index is -0.726. The van der Waals surface area contributed by atoms with E-state index in [0.717, 1.165) is 32.6 Å². The number of carbonyl (C=O) groups is 1. The normalized spacial score (nSPS) is 11.1. The molecule has 1 N–H and O–H groups in total. The second kappa shape index (κ2) is 7.84. The predicted molar refractivity (Wildman–Crippen MR) is 83.6 cm³/mol. The molecule has 114 valence electrons. The van der Waals surface area contributed by atoms with E-state index in [1.165, 1.54) is 16.5 Å². The molecule has 0 radical (unpaired) electrons. The first-order valence-corrected chi connectivity index (χ1v) is 7.58. The largest absolute Gasteiger partial charge is 0.481 e. The maximum absolute atomic E-state index is 10.6. The van der Waals surface area contributed by atoms with E-state index in [1.807, 2.05) is 19.1 Å². The molecule has 0 bridgehead atoms. The molecule has 2 aromatic rings. The van der Waals surface area contributed by atoms with Crippen LogP contribution in [0, 0.1) is 0 Å². The van der Waals surface area contributed by atoms with E-state index >= 15 is 0 Å². The van der Waals surface area contributed by atoms with Crippen molar-refractivity contribution in [2.75, 3.05) is 13.2 Å². The lowest BCUT2D eigenvalue weighted by molar-refractivity contribution is -0.137. The Balaban J connectivity index is 2.08. The average Bonchev–Trinajstić information content (AvgIpc) is 2.82. The van der Waals surface area contributed by atoms with Gasteiger partial charge in [0.05, 0.1) is 0 Å². The second-order valence-electron chi connectivity index (χ2n) is 5.16. The van der Waals surface area contributed by atoms with Crippen LogP contribution in [0.1, 0.15) is 31.7 Å². The Bertz CT molecular complexity index is 589. The number of nitrogens with zero attached hydrogens (tertiary/aromatic N) is 1. The minimum Gasteiger partial charge on any atom is -0.481 e. The van der Waals surface area contributed by atoms with Gasteiger partial charge < -0.3 is 14.4 Å². The molecule has 0 saturated heterocycles. The molecular weight excluding hydrogens is 266 g/mol. The van der Waals surface area contributed by atoms with Crippen molar-refractivity contribution in [1.29, 1.82) is 0 Å². The summed E-state index contributed by atoms with van der Waals surface area (Å²) in [6.45, 7) is 4.47. The lowest BCUT2D eigenvalue weighted by atomic mass is 10.1. The van der Waals surface area contributed by atoms with Crippen LogP contribution in [0.25, 0.3) is 10.9 Å². The van der Waals surface area contributed by atoms with Crippen LogP contribution in [0.15, 0.2) is 30.5 Å². The van der Waals surface area contributed by atoms with Crippen LogP contribution in [0.4, 0.5) is 0 Å². The fourth-order valence-electron chi connectivity index (χ4n) is 2.62. The molecule has 4 nitrogen and oxygen atoms in total. The van der Waals surface area contributed by atoms with Gasteiger partial charge in [-0.05, 0) is 37.8 Å². The number of hydrogen-bond donors (Lipinski definition) is 1. The molecule has 0 fully saturated rings. The van der Waals surface area contributed by atoms with Gasteiger partial charge >= 0.3 is 5.97 Å². The van der Waals surface area contributed by atoms with Gasteiger partial charge in [0, 0.05) is 43.3 Å². The first-order chi connectivity index (χ1) is 10.2. The molecule has 1 aromatic carbocycles. The summed E-state index contributed by atoms with van der Waals surface area (Å²) >= 11 is 0. The molecule has 1 aromatic heterocycles. The third-order valence-electron chi connectivity index (χ3n) is 3.60. The maximum atomic E-state index is 10.6. The topological polar surface area (TPSA) is 51.5 Å². The molecule has 0 spiro atoms. The van der Waals surface area contributed by atoms with Gasteiger partial charge in [-0.25, -0.2) is 0 Å². The van der Waals surface area contributed by atoms with E-state index in [9.17, 15) is 4.79 Å². The van der Waals surface area contributed by atoms with Crippen molar-refractivity contribution in [2.45, 2.75) is 39.2 Å². The lowest BCUT2D eigenvalue weighted by Gasteiger charge is -2.05. The molecular formula is C17H23NO3. The standard InChI is InChI=1S/C17H23NO3/c1-2-21-12-6-11-18-13-14(7-5-10-17(19)20)15-8-3-4-9-16(15)18/h3-4,8-9,13H,2,5-7,10-12H2,1H3,(H,19,20). The van der Waals surface area contributed by atoms with Gasteiger partial charge in [0.2, 0.25) is 0 Å². The molecule has 0 atom stereocenters. The van der Waals surface area contributed by atoms with Crippen molar-refractivity contribution < 1.29 is 14.6 Å².